The van der Waals surface area contributed by atoms with Crippen LogP contribution in [-0.2, 0) is 4.74 Å². The number of carbonyl (C=O) groups is 1. The van der Waals surface area contributed by atoms with Gasteiger partial charge in [0.2, 0.25) is 0 Å². The number of hydrogen-bond acceptors (Lipinski definition) is 3. The Hall–Kier alpha value is -0.910. The number of urea groups is 1. The molecule has 2 rings (SSSR count). The quantitative estimate of drug-likeness (QED) is 0.896. The molecule has 0 aromatic heterocycles. The minimum atomic E-state index is -0.257. The Bertz CT molecular complexity index is 464. The largest absolute Gasteiger partial charge is 0.376 e. The van der Waals surface area contributed by atoms with E-state index in [1.165, 1.54) is 0 Å². The second kappa shape index (κ2) is 7.20. The molecule has 1 heterocycles. The Labute approximate surface area is 128 Å². The van der Waals surface area contributed by atoms with Gasteiger partial charge in [0.15, 0.2) is 0 Å². The number of para-hydroxylation sites is 1. The summed E-state index contributed by atoms with van der Waals surface area (Å²) >= 11 is 7.93. The number of ether oxygens (including phenoxy) is 1. The molecule has 0 bridgehead atoms. The molecular formula is C14H19ClN2O2S. The highest BCUT2D eigenvalue weighted by atomic mass is 35.5. The van der Waals surface area contributed by atoms with Crippen LogP contribution in [0.15, 0.2) is 24.3 Å². The van der Waals surface area contributed by atoms with Crippen LogP contribution in [0.5, 0.6) is 0 Å². The summed E-state index contributed by atoms with van der Waals surface area (Å²) in [5, 5.41) is 6.15. The molecule has 0 aliphatic carbocycles. The van der Waals surface area contributed by atoms with Crippen LogP contribution >= 0.6 is 23.4 Å². The van der Waals surface area contributed by atoms with Crippen molar-refractivity contribution < 1.29 is 9.53 Å². The fourth-order valence-corrected chi connectivity index (χ4v) is 3.59. The van der Waals surface area contributed by atoms with Gasteiger partial charge in [-0.3, -0.25) is 0 Å². The molecule has 110 valence electrons. The summed E-state index contributed by atoms with van der Waals surface area (Å²) in [5.41, 5.74) is 0.376. The molecule has 0 atom stereocenters. The number of halogens is 1. The summed E-state index contributed by atoms with van der Waals surface area (Å²) in [6.45, 7) is 0.514. The SMILES string of the molecule is COC1(CNC(=O)Nc2ccccc2Cl)CCSCC1. The lowest BCUT2D eigenvalue weighted by atomic mass is 9.96. The molecule has 1 aliphatic rings. The third-order valence-corrected chi connectivity index (χ3v) is 4.85. The summed E-state index contributed by atoms with van der Waals surface area (Å²) in [4.78, 5) is 11.9. The monoisotopic (exact) mass is 314 g/mol. The molecule has 2 N–H and O–H groups in total. The van der Waals surface area contributed by atoms with Crippen molar-refractivity contribution in [2.75, 3.05) is 30.5 Å². The predicted molar refractivity (Wildman–Crippen MR) is 84.8 cm³/mol. The normalized spacial score (nSPS) is 17.5. The smallest absolute Gasteiger partial charge is 0.319 e. The number of nitrogens with one attached hydrogen (secondary N) is 2. The molecular weight excluding hydrogens is 296 g/mol. The molecule has 1 aliphatic heterocycles. The van der Waals surface area contributed by atoms with Gasteiger partial charge in [0.1, 0.15) is 0 Å². The molecule has 0 unspecified atom stereocenters. The number of benzene rings is 1. The van der Waals surface area contributed by atoms with Crippen LogP contribution in [0.3, 0.4) is 0 Å². The molecule has 0 spiro atoms. The summed E-state index contributed by atoms with van der Waals surface area (Å²) in [6.07, 6.45) is 1.92. The number of thioether (sulfide) groups is 1. The van der Waals surface area contributed by atoms with E-state index in [9.17, 15) is 4.79 Å². The van der Waals surface area contributed by atoms with Gasteiger partial charge in [-0.2, -0.15) is 11.8 Å². The molecule has 1 aromatic rings. The van der Waals surface area contributed by atoms with E-state index in [4.69, 9.17) is 16.3 Å². The Morgan fingerprint density at radius 3 is 2.75 bits per heavy atom. The molecule has 1 aromatic carbocycles. The number of carbonyl (C=O) groups excluding carboxylic acids is 1. The van der Waals surface area contributed by atoms with Gasteiger partial charge in [-0.05, 0) is 36.5 Å². The summed E-state index contributed by atoms with van der Waals surface area (Å²) in [5.74, 6) is 2.14. The first-order valence-corrected chi connectivity index (χ1v) is 8.11. The van der Waals surface area contributed by atoms with Gasteiger partial charge in [0.05, 0.1) is 16.3 Å². The average molecular weight is 315 g/mol. The van der Waals surface area contributed by atoms with Gasteiger partial charge < -0.3 is 15.4 Å². The second-order valence-corrected chi connectivity index (χ2v) is 6.42. The van der Waals surface area contributed by atoms with Crippen molar-refractivity contribution >= 4 is 35.1 Å². The molecule has 6 heteroatoms. The topological polar surface area (TPSA) is 50.4 Å². The third kappa shape index (κ3) is 4.04. The Kier molecular flexibility index (Phi) is 5.57. The van der Waals surface area contributed by atoms with Gasteiger partial charge >= 0.3 is 6.03 Å². The van der Waals surface area contributed by atoms with Crippen LogP contribution in [0.1, 0.15) is 12.8 Å². The first-order valence-electron chi connectivity index (χ1n) is 6.57. The highest BCUT2D eigenvalue weighted by Gasteiger charge is 2.32. The van der Waals surface area contributed by atoms with E-state index in [0.717, 1.165) is 24.3 Å². The standard InChI is InChI=1S/C14H19ClN2O2S/c1-19-14(6-8-20-9-7-14)10-16-13(18)17-12-5-3-2-4-11(12)15/h2-5H,6-10H2,1H3,(H2,16,17,18). The van der Waals surface area contributed by atoms with Crippen LogP contribution in [0.25, 0.3) is 0 Å². The fourth-order valence-electron chi connectivity index (χ4n) is 2.17. The van der Waals surface area contributed by atoms with Gasteiger partial charge in [-0.25, -0.2) is 4.79 Å². The Morgan fingerprint density at radius 1 is 1.40 bits per heavy atom. The molecule has 4 nitrogen and oxygen atoms in total. The van der Waals surface area contributed by atoms with Crippen LogP contribution in [-0.4, -0.2) is 36.8 Å². The van der Waals surface area contributed by atoms with Crippen molar-refractivity contribution in [3.63, 3.8) is 0 Å². The van der Waals surface area contributed by atoms with Gasteiger partial charge in [0.25, 0.3) is 0 Å². The zero-order valence-electron chi connectivity index (χ0n) is 11.4. The van der Waals surface area contributed by atoms with Gasteiger partial charge in [-0.15, -0.1) is 0 Å². The van der Waals surface area contributed by atoms with E-state index in [1.807, 2.05) is 23.9 Å². The van der Waals surface area contributed by atoms with Crippen molar-refractivity contribution in [1.82, 2.24) is 5.32 Å². The Balaban J connectivity index is 1.87. The highest BCUT2D eigenvalue weighted by Crippen LogP contribution is 2.29. The van der Waals surface area contributed by atoms with E-state index < -0.39 is 0 Å². The van der Waals surface area contributed by atoms with Gasteiger partial charge in [0, 0.05) is 13.7 Å². The van der Waals surface area contributed by atoms with Crippen molar-refractivity contribution in [2.45, 2.75) is 18.4 Å². The number of anilines is 1. The Morgan fingerprint density at radius 2 is 2.10 bits per heavy atom. The van der Waals surface area contributed by atoms with E-state index in [0.29, 0.717) is 17.3 Å². The van der Waals surface area contributed by atoms with Crippen LogP contribution in [0.4, 0.5) is 10.5 Å². The van der Waals surface area contributed by atoms with Crippen molar-refractivity contribution in [3.8, 4) is 0 Å². The summed E-state index contributed by atoms with van der Waals surface area (Å²) in [7, 11) is 1.71. The molecule has 1 saturated heterocycles. The maximum absolute atomic E-state index is 11.9. The summed E-state index contributed by atoms with van der Waals surface area (Å²) < 4.78 is 5.62. The zero-order valence-corrected chi connectivity index (χ0v) is 13.0. The minimum Gasteiger partial charge on any atom is -0.376 e. The molecule has 2 amide bonds. The lowest BCUT2D eigenvalue weighted by molar-refractivity contribution is -0.0134. The first kappa shape index (κ1) is 15.5. The van der Waals surface area contributed by atoms with Crippen LogP contribution in [0.2, 0.25) is 5.02 Å². The number of methoxy groups -OCH3 is 1. The maximum atomic E-state index is 11.9. The number of rotatable bonds is 4. The molecule has 0 saturated carbocycles. The number of hydrogen-bond donors (Lipinski definition) is 2. The molecule has 1 fully saturated rings. The molecule has 20 heavy (non-hydrogen) atoms. The maximum Gasteiger partial charge on any atom is 0.319 e. The summed E-state index contributed by atoms with van der Waals surface area (Å²) in [6, 6.07) is 6.91. The fraction of sp³-hybridized carbons (Fsp3) is 0.500. The lowest BCUT2D eigenvalue weighted by Crippen LogP contribution is -2.47. The zero-order chi connectivity index (χ0) is 14.4. The van der Waals surface area contributed by atoms with Crippen molar-refractivity contribution in [1.29, 1.82) is 0 Å². The van der Waals surface area contributed by atoms with E-state index in [2.05, 4.69) is 10.6 Å². The molecule has 0 radical (unpaired) electrons. The average Bonchev–Trinajstić information content (AvgIpc) is 2.49. The van der Waals surface area contributed by atoms with E-state index >= 15 is 0 Å². The van der Waals surface area contributed by atoms with Crippen molar-refractivity contribution in [3.05, 3.63) is 29.3 Å². The van der Waals surface area contributed by atoms with Crippen LogP contribution in [0, 0.1) is 0 Å². The lowest BCUT2D eigenvalue weighted by Gasteiger charge is -2.35. The van der Waals surface area contributed by atoms with E-state index in [1.54, 1.807) is 19.2 Å². The van der Waals surface area contributed by atoms with Crippen molar-refractivity contribution in [2.24, 2.45) is 0 Å². The number of amides is 2. The highest BCUT2D eigenvalue weighted by molar-refractivity contribution is 7.99. The van der Waals surface area contributed by atoms with Gasteiger partial charge in [-0.1, -0.05) is 23.7 Å². The first-order chi connectivity index (χ1) is 9.65. The van der Waals surface area contributed by atoms with E-state index in [-0.39, 0.29) is 11.6 Å². The van der Waals surface area contributed by atoms with Crippen LogP contribution < -0.4 is 10.6 Å². The third-order valence-electron chi connectivity index (χ3n) is 3.53. The predicted octanol–water partition coefficient (Wildman–Crippen LogP) is 3.37. The second-order valence-electron chi connectivity index (χ2n) is 4.79. The minimum absolute atomic E-state index is 0.233.